The quantitative estimate of drug-likeness (QED) is 0.735. The minimum absolute atomic E-state index is 0.0888. The van der Waals surface area contributed by atoms with Crippen molar-refractivity contribution in [2.75, 3.05) is 6.54 Å². The number of carbonyl (C=O) groups excluding carboxylic acids is 1. The lowest BCUT2D eigenvalue weighted by molar-refractivity contribution is -0.122. The lowest BCUT2D eigenvalue weighted by atomic mass is 9.94. The van der Waals surface area contributed by atoms with E-state index in [0.717, 1.165) is 18.8 Å². The molecule has 1 aliphatic rings. The maximum absolute atomic E-state index is 11.7. The predicted octanol–water partition coefficient (Wildman–Crippen LogP) is 2.87. The van der Waals surface area contributed by atoms with Crippen LogP contribution in [0.15, 0.2) is 0 Å². The molecule has 0 aromatic heterocycles. The first-order chi connectivity index (χ1) is 8.39. The summed E-state index contributed by atoms with van der Waals surface area (Å²) in [7, 11) is 0. The van der Waals surface area contributed by atoms with E-state index in [0.29, 0.717) is 18.9 Å². The third kappa shape index (κ3) is 6.39. The minimum atomic E-state index is -0.781. The van der Waals surface area contributed by atoms with Crippen LogP contribution in [0.5, 0.6) is 0 Å². The fraction of sp³-hybridized carbons (Fsp3) is 0.933. The SMILES string of the molecule is CC(C)CC(C)(O)CNC(=O)CCC1CCCC1. The first-order valence-corrected chi connectivity index (χ1v) is 7.38. The van der Waals surface area contributed by atoms with Gasteiger partial charge in [0.15, 0.2) is 0 Å². The summed E-state index contributed by atoms with van der Waals surface area (Å²) in [6, 6.07) is 0. The number of hydrogen-bond acceptors (Lipinski definition) is 2. The van der Waals surface area contributed by atoms with E-state index < -0.39 is 5.60 Å². The zero-order valence-electron chi connectivity index (χ0n) is 12.2. The molecule has 0 aromatic carbocycles. The highest BCUT2D eigenvalue weighted by molar-refractivity contribution is 5.75. The van der Waals surface area contributed by atoms with Crippen LogP contribution in [0.25, 0.3) is 0 Å². The molecule has 1 unspecified atom stereocenters. The second-order valence-electron chi connectivity index (χ2n) is 6.56. The van der Waals surface area contributed by atoms with E-state index >= 15 is 0 Å². The number of aliphatic hydroxyl groups is 1. The van der Waals surface area contributed by atoms with Crippen molar-refractivity contribution in [2.45, 2.75) is 71.3 Å². The molecule has 106 valence electrons. The number of nitrogens with one attached hydrogen (secondary N) is 1. The van der Waals surface area contributed by atoms with E-state index in [2.05, 4.69) is 19.2 Å². The second-order valence-corrected chi connectivity index (χ2v) is 6.56. The summed E-state index contributed by atoms with van der Waals surface area (Å²) >= 11 is 0. The van der Waals surface area contributed by atoms with Gasteiger partial charge in [0.2, 0.25) is 5.91 Å². The van der Waals surface area contributed by atoms with Gasteiger partial charge in [0.05, 0.1) is 5.60 Å². The molecule has 0 heterocycles. The summed E-state index contributed by atoms with van der Waals surface area (Å²) in [4.78, 5) is 11.7. The molecule has 0 aromatic rings. The van der Waals surface area contributed by atoms with E-state index in [1.165, 1.54) is 25.7 Å². The number of carbonyl (C=O) groups is 1. The molecule has 3 nitrogen and oxygen atoms in total. The largest absolute Gasteiger partial charge is 0.388 e. The molecule has 1 rings (SSSR count). The Morgan fingerprint density at radius 2 is 2.00 bits per heavy atom. The summed E-state index contributed by atoms with van der Waals surface area (Å²) in [6.07, 6.45) is 7.58. The van der Waals surface area contributed by atoms with Crippen LogP contribution in [0.1, 0.15) is 65.7 Å². The van der Waals surface area contributed by atoms with Crippen LogP contribution in [-0.4, -0.2) is 23.2 Å². The predicted molar refractivity (Wildman–Crippen MR) is 74.3 cm³/mol. The fourth-order valence-electron chi connectivity index (χ4n) is 2.96. The lowest BCUT2D eigenvalue weighted by Crippen LogP contribution is -2.41. The van der Waals surface area contributed by atoms with Gasteiger partial charge in [-0.3, -0.25) is 4.79 Å². The zero-order chi connectivity index (χ0) is 13.6. The first-order valence-electron chi connectivity index (χ1n) is 7.38. The summed E-state index contributed by atoms with van der Waals surface area (Å²) < 4.78 is 0. The Morgan fingerprint density at radius 3 is 2.56 bits per heavy atom. The summed E-state index contributed by atoms with van der Waals surface area (Å²) in [5, 5.41) is 13.0. The number of amides is 1. The molecule has 1 atom stereocenters. The number of hydrogen-bond donors (Lipinski definition) is 2. The smallest absolute Gasteiger partial charge is 0.220 e. The van der Waals surface area contributed by atoms with Crippen LogP contribution in [0.2, 0.25) is 0 Å². The molecule has 3 heteroatoms. The van der Waals surface area contributed by atoms with Crippen molar-refractivity contribution >= 4 is 5.91 Å². The van der Waals surface area contributed by atoms with E-state index in [4.69, 9.17) is 0 Å². The van der Waals surface area contributed by atoms with Gasteiger partial charge in [0.25, 0.3) is 0 Å². The zero-order valence-corrected chi connectivity index (χ0v) is 12.2. The molecule has 1 saturated carbocycles. The highest BCUT2D eigenvalue weighted by Gasteiger charge is 2.23. The molecule has 1 aliphatic carbocycles. The van der Waals surface area contributed by atoms with Crippen molar-refractivity contribution in [3.8, 4) is 0 Å². The molecule has 1 fully saturated rings. The molecule has 2 N–H and O–H groups in total. The van der Waals surface area contributed by atoms with E-state index in [-0.39, 0.29) is 5.91 Å². The normalized spacial score (nSPS) is 20.1. The molecule has 0 radical (unpaired) electrons. The van der Waals surface area contributed by atoms with Gasteiger partial charge in [-0.25, -0.2) is 0 Å². The van der Waals surface area contributed by atoms with E-state index in [1.807, 2.05) is 0 Å². The molecular formula is C15H29NO2. The van der Waals surface area contributed by atoms with Gasteiger partial charge >= 0.3 is 0 Å². The molecule has 0 saturated heterocycles. The van der Waals surface area contributed by atoms with Gasteiger partial charge in [0.1, 0.15) is 0 Å². The molecule has 0 bridgehead atoms. The topological polar surface area (TPSA) is 49.3 Å². The third-order valence-electron chi connectivity index (χ3n) is 3.77. The van der Waals surface area contributed by atoms with Gasteiger partial charge in [0, 0.05) is 13.0 Å². The Bertz CT molecular complexity index is 255. The van der Waals surface area contributed by atoms with Crippen LogP contribution in [-0.2, 0) is 4.79 Å². The van der Waals surface area contributed by atoms with Gasteiger partial charge in [-0.15, -0.1) is 0 Å². The van der Waals surface area contributed by atoms with Gasteiger partial charge in [-0.1, -0.05) is 39.5 Å². The van der Waals surface area contributed by atoms with Crippen LogP contribution in [0.3, 0.4) is 0 Å². The van der Waals surface area contributed by atoms with E-state index in [1.54, 1.807) is 6.92 Å². The molecule has 0 spiro atoms. The van der Waals surface area contributed by atoms with Crippen molar-refractivity contribution in [3.63, 3.8) is 0 Å². The van der Waals surface area contributed by atoms with Crippen molar-refractivity contribution in [1.82, 2.24) is 5.32 Å². The van der Waals surface area contributed by atoms with Crippen molar-refractivity contribution in [2.24, 2.45) is 11.8 Å². The van der Waals surface area contributed by atoms with Crippen LogP contribution in [0, 0.1) is 11.8 Å². The standard InChI is InChI=1S/C15H29NO2/c1-12(2)10-15(3,18)11-16-14(17)9-8-13-6-4-5-7-13/h12-13,18H,4-11H2,1-3H3,(H,16,17). The summed E-state index contributed by atoms with van der Waals surface area (Å²) in [6.45, 7) is 6.33. The second kappa shape index (κ2) is 7.13. The van der Waals surface area contributed by atoms with Crippen molar-refractivity contribution in [3.05, 3.63) is 0 Å². The third-order valence-corrected chi connectivity index (χ3v) is 3.77. The Balaban J connectivity index is 2.15. The number of rotatable bonds is 7. The van der Waals surface area contributed by atoms with Gasteiger partial charge in [-0.2, -0.15) is 0 Å². The van der Waals surface area contributed by atoms with Crippen LogP contribution >= 0.6 is 0 Å². The minimum Gasteiger partial charge on any atom is -0.388 e. The summed E-state index contributed by atoms with van der Waals surface area (Å²) in [5.41, 5.74) is -0.781. The molecular weight excluding hydrogens is 226 g/mol. The van der Waals surface area contributed by atoms with Crippen LogP contribution in [0.4, 0.5) is 0 Å². The molecule has 18 heavy (non-hydrogen) atoms. The monoisotopic (exact) mass is 255 g/mol. The van der Waals surface area contributed by atoms with Gasteiger partial charge in [-0.05, 0) is 31.6 Å². The van der Waals surface area contributed by atoms with Gasteiger partial charge < -0.3 is 10.4 Å². The fourth-order valence-corrected chi connectivity index (χ4v) is 2.96. The van der Waals surface area contributed by atoms with E-state index in [9.17, 15) is 9.90 Å². The Kier molecular flexibility index (Phi) is 6.13. The van der Waals surface area contributed by atoms with Crippen molar-refractivity contribution in [1.29, 1.82) is 0 Å². The summed E-state index contributed by atoms with van der Waals surface area (Å²) in [5.74, 6) is 1.29. The first kappa shape index (κ1) is 15.5. The Labute approximate surface area is 111 Å². The average Bonchev–Trinajstić information content (AvgIpc) is 2.74. The maximum Gasteiger partial charge on any atom is 0.220 e. The highest BCUT2D eigenvalue weighted by Crippen LogP contribution is 2.28. The highest BCUT2D eigenvalue weighted by atomic mass is 16.3. The van der Waals surface area contributed by atoms with Crippen LogP contribution < -0.4 is 5.32 Å². The molecule has 0 aliphatic heterocycles. The Hall–Kier alpha value is -0.570. The maximum atomic E-state index is 11.7. The average molecular weight is 255 g/mol. The Morgan fingerprint density at radius 1 is 1.39 bits per heavy atom. The lowest BCUT2D eigenvalue weighted by Gasteiger charge is -2.25. The molecule has 1 amide bonds. The van der Waals surface area contributed by atoms with Crippen molar-refractivity contribution < 1.29 is 9.90 Å².